The lowest BCUT2D eigenvalue weighted by atomic mass is 10.1. The number of aryl methyl sites for hydroxylation is 2. The van der Waals surface area contributed by atoms with Crippen molar-refractivity contribution < 1.29 is 10.0 Å². The van der Waals surface area contributed by atoms with Crippen LogP contribution in [0.1, 0.15) is 43.8 Å². The maximum absolute atomic E-state index is 11.3. The van der Waals surface area contributed by atoms with Gasteiger partial charge in [-0.3, -0.25) is 10.1 Å². The van der Waals surface area contributed by atoms with E-state index in [1.54, 1.807) is 23.7 Å². The zero-order valence-corrected chi connectivity index (χ0v) is 12.4. The standard InChI is InChI=1S/C15H19N3O3/c1-4-12-9-13(5-2)17(16-12)14-7-6-11(10(3)19)8-15(14)18(20)21/h6-10,19H,4-5H2,1-3H3. The molecular formula is C15H19N3O3. The number of nitro groups is 1. The Morgan fingerprint density at radius 2 is 2.05 bits per heavy atom. The Labute approximate surface area is 123 Å². The fourth-order valence-electron chi connectivity index (χ4n) is 2.23. The molecule has 1 aromatic heterocycles. The van der Waals surface area contributed by atoms with E-state index in [2.05, 4.69) is 5.10 Å². The molecule has 1 heterocycles. The molecule has 0 saturated heterocycles. The smallest absolute Gasteiger partial charge is 0.295 e. The molecule has 6 heteroatoms. The topological polar surface area (TPSA) is 81.2 Å². The Balaban J connectivity index is 2.63. The fourth-order valence-corrected chi connectivity index (χ4v) is 2.23. The number of nitro benzene ring substituents is 1. The molecule has 0 aliphatic carbocycles. The molecule has 0 radical (unpaired) electrons. The molecule has 1 atom stereocenters. The summed E-state index contributed by atoms with van der Waals surface area (Å²) in [7, 11) is 0. The SMILES string of the molecule is CCc1cc(CC)n(-c2ccc(C(C)O)cc2[N+](=O)[O-])n1. The monoisotopic (exact) mass is 289 g/mol. The Morgan fingerprint density at radius 1 is 1.33 bits per heavy atom. The van der Waals surface area contributed by atoms with Gasteiger partial charge in [0.2, 0.25) is 0 Å². The zero-order chi connectivity index (χ0) is 15.6. The number of hydrogen-bond acceptors (Lipinski definition) is 4. The summed E-state index contributed by atoms with van der Waals surface area (Å²) >= 11 is 0. The highest BCUT2D eigenvalue weighted by atomic mass is 16.6. The number of aliphatic hydroxyl groups excluding tert-OH is 1. The Kier molecular flexibility index (Phi) is 4.37. The highest BCUT2D eigenvalue weighted by molar-refractivity contribution is 5.55. The van der Waals surface area contributed by atoms with Gasteiger partial charge >= 0.3 is 0 Å². The Bertz CT molecular complexity index is 662. The molecule has 0 spiro atoms. The van der Waals surface area contributed by atoms with Crippen LogP contribution in [0.4, 0.5) is 5.69 Å². The first-order valence-corrected chi connectivity index (χ1v) is 7.02. The second-order valence-corrected chi connectivity index (χ2v) is 4.93. The summed E-state index contributed by atoms with van der Waals surface area (Å²) in [6.07, 6.45) is 0.772. The first-order chi connectivity index (χ1) is 9.97. The number of hydrogen-bond donors (Lipinski definition) is 1. The molecule has 1 aromatic carbocycles. The summed E-state index contributed by atoms with van der Waals surface area (Å²) in [4.78, 5) is 10.9. The third-order valence-electron chi connectivity index (χ3n) is 3.46. The molecule has 112 valence electrons. The minimum Gasteiger partial charge on any atom is -0.389 e. The lowest BCUT2D eigenvalue weighted by Gasteiger charge is -2.10. The summed E-state index contributed by atoms with van der Waals surface area (Å²) < 4.78 is 1.63. The number of rotatable bonds is 5. The Hall–Kier alpha value is -2.21. The number of aromatic nitrogens is 2. The van der Waals surface area contributed by atoms with Crippen LogP contribution in [0.3, 0.4) is 0 Å². The molecule has 0 bridgehead atoms. The number of benzene rings is 1. The quantitative estimate of drug-likeness (QED) is 0.677. The first kappa shape index (κ1) is 15.2. The molecule has 0 aliphatic heterocycles. The zero-order valence-electron chi connectivity index (χ0n) is 12.4. The first-order valence-electron chi connectivity index (χ1n) is 7.02. The van der Waals surface area contributed by atoms with E-state index in [1.165, 1.54) is 6.07 Å². The third-order valence-corrected chi connectivity index (χ3v) is 3.46. The van der Waals surface area contributed by atoms with Crippen molar-refractivity contribution in [2.24, 2.45) is 0 Å². The van der Waals surface area contributed by atoms with Crippen molar-refractivity contribution in [2.45, 2.75) is 39.7 Å². The molecule has 6 nitrogen and oxygen atoms in total. The number of nitrogens with zero attached hydrogens (tertiary/aromatic N) is 3. The van der Waals surface area contributed by atoms with E-state index in [0.29, 0.717) is 11.3 Å². The molecule has 21 heavy (non-hydrogen) atoms. The maximum atomic E-state index is 11.3. The van der Waals surface area contributed by atoms with Crippen molar-refractivity contribution in [1.82, 2.24) is 9.78 Å². The van der Waals surface area contributed by atoms with Crippen LogP contribution in [-0.4, -0.2) is 19.8 Å². The second kappa shape index (κ2) is 6.05. The summed E-state index contributed by atoms with van der Waals surface area (Å²) in [5, 5.41) is 25.4. The van der Waals surface area contributed by atoms with Crippen LogP contribution >= 0.6 is 0 Å². The van der Waals surface area contributed by atoms with Gasteiger partial charge in [0, 0.05) is 11.8 Å². The van der Waals surface area contributed by atoms with E-state index < -0.39 is 11.0 Å². The predicted molar refractivity (Wildman–Crippen MR) is 79.6 cm³/mol. The van der Waals surface area contributed by atoms with Crippen LogP contribution in [0.25, 0.3) is 5.69 Å². The van der Waals surface area contributed by atoms with Gasteiger partial charge in [-0.15, -0.1) is 0 Å². The van der Waals surface area contributed by atoms with Crippen molar-refractivity contribution in [1.29, 1.82) is 0 Å². The molecule has 0 saturated carbocycles. The van der Waals surface area contributed by atoms with Crippen LogP contribution in [0, 0.1) is 10.1 Å². The molecule has 0 amide bonds. The minimum absolute atomic E-state index is 0.0474. The van der Waals surface area contributed by atoms with Gasteiger partial charge in [-0.1, -0.05) is 19.9 Å². The van der Waals surface area contributed by atoms with Crippen LogP contribution in [0.15, 0.2) is 24.3 Å². The van der Waals surface area contributed by atoms with Gasteiger partial charge in [0.1, 0.15) is 5.69 Å². The van der Waals surface area contributed by atoms with Gasteiger partial charge < -0.3 is 5.11 Å². The molecule has 2 rings (SSSR count). The average molecular weight is 289 g/mol. The highest BCUT2D eigenvalue weighted by Crippen LogP contribution is 2.28. The van der Waals surface area contributed by atoms with E-state index in [-0.39, 0.29) is 5.69 Å². The van der Waals surface area contributed by atoms with Crippen molar-refractivity contribution in [2.75, 3.05) is 0 Å². The van der Waals surface area contributed by atoms with Gasteiger partial charge in [0.25, 0.3) is 5.69 Å². The van der Waals surface area contributed by atoms with Crippen molar-refractivity contribution >= 4 is 5.69 Å². The Morgan fingerprint density at radius 3 is 2.57 bits per heavy atom. The van der Waals surface area contributed by atoms with Crippen molar-refractivity contribution in [3.05, 3.63) is 51.3 Å². The summed E-state index contributed by atoms with van der Waals surface area (Å²) in [5.74, 6) is 0. The van der Waals surface area contributed by atoms with Crippen LogP contribution in [0.5, 0.6) is 0 Å². The number of aliphatic hydroxyl groups is 1. The molecule has 1 N–H and O–H groups in total. The molecular weight excluding hydrogens is 270 g/mol. The van der Waals surface area contributed by atoms with Gasteiger partial charge in [-0.05, 0) is 37.5 Å². The third kappa shape index (κ3) is 2.95. The van der Waals surface area contributed by atoms with E-state index >= 15 is 0 Å². The van der Waals surface area contributed by atoms with Gasteiger partial charge in [-0.2, -0.15) is 5.10 Å². The largest absolute Gasteiger partial charge is 0.389 e. The second-order valence-electron chi connectivity index (χ2n) is 4.93. The van der Waals surface area contributed by atoms with E-state index in [4.69, 9.17) is 0 Å². The van der Waals surface area contributed by atoms with Gasteiger partial charge in [0.15, 0.2) is 0 Å². The van der Waals surface area contributed by atoms with E-state index in [9.17, 15) is 15.2 Å². The lowest BCUT2D eigenvalue weighted by Crippen LogP contribution is -2.06. The van der Waals surface area contributed by atoms with Gasteiger partial charge in [0.05, 0.1) is 16.7 Å². The molecule has 0 fully saturated rings. The summed E-state index contributed by atoms with van der Waals surface area (Å²) in [6.45, 7) is 5.57. The van der Waals surface area contributed by atoms with E-state index in [1.807, 2.05) is 19.9 Å². The molecule has 1 unspecified atom stereocenters. The predicted octanol–water partition coefficient (Wildman–Crippen LogP) is 2.96. The summed E-state index contributed by atoms with van der Waals surface area (Å²) in [5.41, 5.74) is 2.74. The van der Waals surface area contributed by atoms with E-state index in [0.717, 1.165) is 24.2 Å². The van der Waals surface area contributed by atoms with Crippen LogP contribution in [0.2, 0.25) is 0 Å². The van der Waals surface area contributed by atoms with Crippen molar-refractivity contribution in [3.8, 4) is 5.69 Å². The highest BCUT2D eigenvalue weighted by Gasteiger charge is 2.20. The lowest BCUT2D eigenvalue weighted by molar-refractivity contribution is -0.384. The van der Waals surface area contributed by atoms with Crippen molar-refractivity contribution in [3.63, 3.8) is 0 Å². The van der Waals surface area contributed by atoms with Crippen LogP contribution < -0.4 is 0 Å². The maximum Gasteiger partial charge on any atom is 0.295 e. The van der Waals surface area contributed by atoms with Crippen LogP contribution in [-0.2, 0) is 12.8 Å². The molecule has 0 aliphatic rings. The average Bonchev–Trinajstić information content (AvgIpc) is 2.89. The minimum atomic E-state index is -0.743. The fraction of sp³-hybridized carbons (Fsp3) is 0.400. The summed E-state index contributed by atoms with van der Waals surface area (Å²) in [6, 6.07) is 6.71. The molecule has 2 aromatic rings. The van der Waals surface area contributed by atoms with Gasteiger partial charge in [-0.25, -0.2) is 4.68 Å². The normalized spacial score (nSPS) is 12.4.